The minimum absolute atomic E-state index is 0.266. The molecule has 0 amide bonds. The van der Waals surface area contributed by atoms with Gasteiger partial charge in [0.25, 0.3) is 5.56 Å². The lowest BCUT2D eigenvalue weighted by atomic mass is 10.2. The summed E-state index contributed by atoms with van der Waals surface area (Å²) >= 11 is 1.44. The van der Waals surface area contributed by atoms with E-state index in [1.807, 2.05) is 13.0 Å². The zero-order valence-electron chi connectivity index (χ0n) is 15.1. The molecule has 7 nitrogen and oxygen atoms in total. The molecule has 3 rings (SSSR count). The average Bonchev–Trinajstić information content (AvgIpc) is 3.10. The van der Waals surface area contributed by atoms with Crippen LogP contribution in [0.25, 0.3) is 10.2 Å². The highest BCUT2D eigenvalue weighted by Gasteiger charge is 2.11. The summed E-state index contributed by atoms with van der Waals surface area (Å²) < 4.78 is 11.5. The Labute approximate surface area is 159 Å². The Morgan fingerprint density at radius 3 is 2.63 bits per heavy atom. The monoisotopic (exact) mass is 388 g/mol. The van der Waals surface area contributed by atoms with Crippen LogP contribution in [0.1, 0.15) is 28.6 Å². The maximum absolute atomic E-state index is 12.5. The number of nitrogens with zero attached hydrogens (tertiary/aromatic N) is 1. The Kier molecular flexibility index (Phi) is 5.75. The van der Waals surface area contributed by atoms with Crippen LogP contribution in [-0.4, -0.2) is 29.2 Å². The smallest absolute Gasteiger partial charge is 0.337 e. The number of nitrogens with one attached hydrogen (secondary N) is 1. The van der Waals surface area contributed by atoms with Gasteiger partial charge in [0.2, 0.25) is 0 Å². The minimum Gasteiger partial charge on any atom is -0.494 e. The van der Waals surface area contributed by atoms with Crippen LogP contribution in [0.5, 0.6) is 5.75 Å². The number of thiophene rings is 1. The number of aryl methyl sites for hydroxylation is 1. The number of methoxy groups -OCH3 is 1. The van der Waals surface area contributed by atoms with Gasteiger partial charge in [0.05, 0.1) is 24.7 Å². The van der Waals surface area contributed by atoms with Crippen LogP contribution in [0.15, 0.2) is 39.9 Å². The summed E-state index contributed by atoms with van der Waals surface area (Å²) in [6.45, 7) is 2.61. The number of ether oxygens (including phenoxy) is 2. The van der Waals surface area contributed by atoms with Crippen LogP contribution in [0.4, 0.5) is 0 Å². The van der Waals surface area contributed by atoms with Gasteiger partial charge in [-0.05, 0) is 43.2 Å². The molecular formula is C19H20N2O5S. The Bertz CT molecular complexity index is 1060. The van der Waals surface area contributed by atoms with Crippen molar-refractivity contribution in [2.75, 3.05) is 13.7 Å². The molecule has 0 saturated heterocycles. The normalized spacial score (nSPS) is 10.9. The first kappa shape index (κ1) is 18.9. The van der Waals surface area contributed by atoms with Crippen LogP contribution in [0.2, 0.25) is 0 Å². The third-order valence-electron chi connectivity index (χ3n) is 4.14. The summed E-state index contributed by atoms with van der Waals surface area (Å²) in [4.78, 5) is 40.6. The number of hydrogen-bond donors (Lipinski definition) is 1. The zero-order chi connectivity index (χ0) is 19.4. The fourth-order valence-corrected chi connectivity index (χ4v) is 3.67. The lowest BCUT2D eigenvalue weighted by molar-refractivity contribution is 0.0600. The van der Waals surface area contributed by atoms with Crippen molar-refractivity contribution in [2.45, 2.75) is 26.3 Å². The number of aromatic nitrogens is 2. The number of rotatable bonds is 7. The predicted molar refractivity (Wildman–Crippen MR) is 104 cm³/mol. The van der Waals surface area contributed by atoms with Gasteiger partial charge in [-0.15, -0.1) is 11.3 Å². The Balaban J connectivity index is 1.63. The average molecular weight is 388 g/mol. The molecule has 0 bridgehead atoms. The molecular weight excluding hydrogens is 368 g/mol. The Morgan fingerprint density at radius 2 is 1.96 bits per heavy atom. The highest BCUT2D eigenvalue weighted by atomic mass is 32.1. The molecule has 8 heteroatoms. The summed E-state index contributed by atoms with van der Waals surface area (Å²) in [6.07, 6.45) is 1.32. The molecule has 0 saturated carbocycles. The van der Waals surface area contributed by atoms with E-state index >= 15 is 0 Å². The van der Waals surface area contributed by atoms with Crippen LogP contribution >= 0.6 is 11.3 Å². The lowest BCUT2D eigenvalue weighted by Crippen LogP contribution is -2.35. The van der Waals surface area contributed by atoms with Gasteiger partial charge in [-0.2, -0.15) is 0 Å². The quantitative estimate of drug-likeness (QED) is 0.496. The van der Waals surface area contributed by atoms with Crippen molar-refractivity contribution < 1.29 is 14.3 Å². The second-order valence-corrected chi connectivity index (χ2v) is 7.05. The third-order valence-corrected chi connectivity index (χ3v) is 5.34. The van der Waals surface area contributed by atoms with E-state index < -0.39 is 11.7 Å². The van der Waals surface area contributed by atoms with Gasteiger partial charge in [0, 0.05) is 11.4 Å². The summed E-state index contributed by atoms with van der Waals surface area (Å²) in [5.74, 6) is 0.194. The highest BCUT2D eigenvalue weighted by molar-refractivity contribution is 7.18. The van der Waals surface area contributed by atoms with Gasteiger partial charge in [-0.3, -0.25) is 14.3 Å². The molecule has 0 fully saturated rings. The van der Waals surface area contributed by atoms with Gasteiger partial charge >= 0.3 is 11.7 Å². The molecule has 0 aliphatic carbocycles. The minimum atomic E-state index is -0.407. The Morgan fingerprint density at radius 1 is 1.22 bits per heavy atom. The SMILES string of the molecule is CCc1cc2c(=O)n(CCCOc3ccc(C(=O)OC)cc3)c(=O)[nH]c2s1. The maximum atomic E-state index is 12.5. The van der Waals surface area contributed by atoms with Gasteiger partial charge in [0.1, 0.15) is 10.6 Å². The standard InChI is InChI=1S/C19H20N2O5S/c1-3-14-11-15-16(27-14)20-19(24)21(17(15)22)9-4-10-26-13-7-5-12(6-8-13)18(23)25-2/h5-8,11H,3-4,9-10H2,1-2H3,(H,20,24). The van der Waals surface area contributed by atoms with Crippen LogP contribution in [0, 0.1) is 0 Å². The number of carbonyl (C=O) groups excluding carboxylic acids is 1. The third kappa shape index (κ3) is 4.11. The molecule has 142 valence electrons. The van der Waals surface area contributed by atoms with E-state index in [0.29, 0.717) is 34.6 Å². The highest BCUT2D eigenvalue weighted by Crippen LogP contribution is 2.20. The van der Waals surface area contributed by atoms with Crippen molar-refractivity contribution in [3.05, 3.63) is 61.6 Å². The number of hydrogen-bond acceptors (Lipinski definition) is 6. The largest absolute Gasteiger partial charge is 0.494 e. The van der Waals surface area contributed by atoms with Crippen molar-refractivity contribution in [3.63, 3.8) is 0 Å². The van der Waals surface area contributed by atoms with Crippen molar-refractivity contribution >= 4 is 27.5 Å². The van der Waals surface area contributed by atoms with E-state index in [-0.39, 0.29) is 12.1 Å². The van der Waals surface area contributed by atoms with E-state index in [9.17, 15) is 14.4 Å². The second kappa shape index (κ2) is 8.22. The van der Waals surface area contributed by atoms with Gasteiger partial charge in [0.15, 0.2) is 0 Å². The van der Waals surface area contributed by atoms with Crippen LogP contribution < -0.4 is 16.0 Å². The maximum Gasteiger partial charge on any atom is 0.337 e. The summed E-state index contributed by atoms with van der Waals surface area (Å²) in [6, 6.07) is 8.43. The van der Waals surface area contributed by atoms with Crippen molar-refractivity contribution in [1.82, 2.24) is 9.55 Å². The summed E-state index contributed by atoms with van der Waals surface area (Å²) in [5, 5.41) is 0.552. The van der Waals surface area contributed by atoms with E-state index in [0.717, 1.165) is 11.3 Å². The molecule has 1 aromatic carbocycles. The number of esters is 1. The molecule has 2 aromatic heterocycles. The number of H-pyrrole nitrogens is 1. The van der Waals surface area contributed by atoms with E-state index in [1.54, 1.807) is 24.3 Å². The van der Waals surface area contributed by atoms with Crippen molar-refractivity contribution in [3.8, 4) is 5.75 Å². The number of carbonyl (C=O) groups is 1. The van der Waals surface area contributed by atoms with Crippen molar-refractivity contribution in [1.29, 1.82) is 0 Å². The molecule has 0 aliphatic rings. The summed E-state index contributed by atoms with van der Waals surface area (Å²) in [7, 11) is 1.33. The molecule has 2 heterocycles. The van der Waals surface area contributed by atoms with E-state index in [4.69, 9.17) is 4.74 Å². The van der Waals surface area contributed by atoms with E-state index in [1.165, 1.54) is 23.0 Å². The molecule has 0 aliphatic heterocycles. The van der Waals surface area contributed by atoms with E-state index in [2.05, 4.69) is 9.72 Å². The molecule has 27 heavy (non-hydrogen) atoms. The first-order valence-corrected chi connectivity index (χ1v) is 9.42. The molecule has 0 unspecified atom stereocenters. The fourth-order valence-electron chi connectivity index (χ4n) is 2.69. The zero-order valence-corrected chi connectivity index (χ0v) is 15.9. The second-order valence-electron chi connectivity index (χ2n) is 5.91. The molecule has 0 atom stereocenters. The molecule has 0 radical (unpaired) electrons. The number of fused-ring (bicyclic) bond motifs is 1. The van der Waals surface area contributed by atoms with Crippen LogP contribution in [0.3, 0.4) is 0 Å². The predicted octanol–water partition coefficient (Wildman–Crippen LogP) is 2.57. The Hall–Kier alpha value is -2.87. The summed E-state index contributed by atoms with van der Waals surface area (Å²) in [5.41, 5.74) is -0.231. The first-order chi connectivity index (χ1) is 13.0. The van der Waals surface area contributed by atoms with Gasteiger partial charge in [-0.25, -0.2) is 9.59 Å². The topological polar surface area (TPSA) is 90.4 Å². The van der Waals surface area contributed by atoms with Gasteiger partial charge in [-0.1, -0.05) is 6.92 Å². The number of aromatic amines is 1. The molecule has 3 aromatic rings. The number of benzene rings is 1. The lowest BCUT2D eigenvalue weighted by Gasteiger charge is -2.08. The van der Waals surface area contributed by atoms with Crippen molar-refractivity contribution in [2.24, 2.45) is 0 Å². The first-order valence-electron chi connectivity index (χ1n) is 8.60. The molecule has 1 N–H and O–H groups in total. The van der Waals surface area contributed by atoms with Gasteiger partial charge < -0.3 is 9.47 Å². The van der Waals surface area contributed by atoms with Crippen LogP contribution in [-0.2, 0) is 17.7 Å². The molecule has 0 spiro atoms. The fraction of sp³-hybridized carbons (Fsp3) is 0.316.